The number of nitrogens with zero attached hydrogens (tertiary/aromatic N) is 2. The van der Waals surface area contributed by atoms with Crippen molar-refractivity contribution in [1.29, 1.82) is 0 Å². The van der Waals surface area contributed by atoms with Gasteiger partial charge in [0, 0.05) is 16.5 Å². The van der Waals surface area contributed by atoms with Crippen LogP contribution in [0.25, 0.3) is 20.3 Å². The number of aliphatic carboxylic acids is 1. The molecule has 0 aliphatic heterocycles. The van der Waals surface area contributed by atoms with Crippen LogP contribution >= 0.6 is 11.3 Å². The molecule has 114 valence electrons. The van der Waals surface area contributed by atoms with E-state index in [-0.39, 0.29) is 6.42 Å². The van der Waals surface area contributed by atoms with E-state index < -0.39 is 5.97 Å². The van der Waals surface area contributed by atoms with Gasteiger partial charge in [-0.15, -0.1) is 11.3 Å². The zero-order chi connectivity index (χ0) is 15.5. The maximum absolute atomic E-state index is 10.5. The molecule has 1 aromatic carbocycles. The summed E-state index contributed by atoms with van der Waals surface area (Å²) in [5.74, 6) is -0.188. The van der Waals surface area contributed by atoms with Gasteiger partial charge in [0.25, 0.3) is 0 Å². The van der Waals surface area contributed by atoms with Gasteiger partial charge in [-0.05, 0) is 30.9 Å². The summed E-state index contributed by atoms with van der Waals surface area (Å²) in [6.07, 6.45) is 5.41. The molecule has 5 nitrogen and oxygen atoms in total. The third-order valence-corrected chi connectivity index (χ3v) is 4.86. The van der Waals surface area contributed by atoms with E-state index in [4.69, 9.17) is 10.8 Å². The number of hydrogen-bond donors (Lipinski definition) is 2. The second-order valence-corrected chi connectivity index (χ2v) is 6.38. The molecule has 3 N–H and O–H groups in total. The fourth-order valence-electron chi connectivity index (χ4n) is 2.57. The van der Waals surface area contributed by atoms with Crippen molar-refractivity contribution in [3.8, 4) is 0 Å². The fourth-order valence-corrected chi connectivity index (χ4v) is 3.70. The summed E-state index contributed by atoms with van der Waals surface area (Å²) >= 11 is 1.62. The number of carbonyl (C=O) groups is 1. The number of aromatic nitrogens is 2. The van der Waals surface area contributed by atoms with Crippen LogP contribution in [0.4, 0.5) is 5.82 Å². The van der Waals surface area contributed by atoms with E-state index in [1.165, 1.54) is 16.6 Å². The first-order chi connectivity index (χ1) is 10.6. The highest BCUT2D eigenvalue weighted by Gasteiger charge is 2.09. The van der Waals surface area contributed by atoms with Gasteiger partial charge in [0.15, 0.2) is 0 Å². The minimum absolute atomic E-state index is 0.257. The first kappa shape index (κ1) is 14.7. The first-order valence-corrected chi connectivity index (χ1v) is 8.10. The van der Waals surface area contributed by atoms with Crippen LogP contribution in [0.2, 0.25) is 0 Å². The standard InChI is InChI=1S/C16H17N3O2S/c17-16-15-14(18-9-19-16)11-7-6-10(8-12(11)22-15)4-2-1-3-5-13(20)21/h6-9H,1-5H2,(H,20,21)(H2,17,18,19). The van der Waals surface area contributed by atoms with Crippen molar-refractivity contribution < 1.29 is 9.90 Å². The summed E-state index contributed by atoms with van der Waals surface area (Å²) in [6, 6.07) is 6.38. The largest absolute Gasteiger partial charge is 0.481 e. The van der Waals surface area contributed by atoms with Gasteiger partial charge in [-0.25, -0.2) is 9.97 Å². The predicted octanol–water partition coefficient (Wildman–Crippen LogP) is 3.61. The molecule has 0 fully saturated rings. The summed E-state index contributed by atoms with van der Waals surface area (Å²) in [7, 11) is 0. The number of rotatable bonds is 6. The number of carboxylic acid groups (broad SMARTS) is 1. The van der Waals surface area contributed by atoms with Gasteiger partial charge in [0.2, 0.25) is 0 Å². The van der Waals surface area contributed by atoms with E-state index >= 15 is 0 Å². The lowest BCUT2D eigenvalue weighted by Crippen LogP contribution is -1.94. The Bertz CT molecular complexity index is 829. The number of carboxylic acids is 1. The van der Waals surface area contributed by atoms with Crippen molar-refractivity contribution in [2.45, 2.75) is 32.1 Å². The highest BCUT2D eigenvalue weighted by Crippen LogP contribution is 2.35. The van der Waals surface area contributed by atoms with Crippen molar-refractivity contribution in [1.82, 2.24) is 9.97 Å². The molecule has 0 saturated carbocycles. The summed E-state index contributed by atoms with van der Waals surface area (Å²) < 4.78 is 2.11. The van der Waals surface area contributed by atoms with Crippen LogP contribution in [0.5, 0.6) is 0 Å². The van der Waals surface area contributed by atoms with E-state index in [0.29, 0.717) is 5.82 Å². The molecule has 0 saturated heterocycles. The van der Waals surface area contributed by atoms with Crippen LogP contribution in [0.1, 0.15) is 31.2 Å². The van der Waals surface area contributed by atoms with Gasteiger partial charge in [-0.2, -0.15) is 0 Å². The molecule has 0 aliphatic carbocycles. The van der Waals surface area contributed by atoms with Crippen LogP contribution in [0, 0.1) is 0 Å². The molecular formula is C16H17N3O2S. The van der Waals surface area contributed by atoms with Crippen LogP contribution < -0.4 is 5.73 Å². The average molecular weight is 315 g/mol. The number of benzene rings is 1. The molecule has 2 aromatic heterocycles. The van der Waals surface area contributed by atoms with Gasteiger partial charge in [0.05, 0.1) is 10.2 Å². The molecule has 0 bridgehead atoms. The van der Waals surface area contributed by atoms with Gasteiger partial charge in [0.1, 0.15) is 12.1 Å². The summed E-state index contributed by atoms with van der Waals surface area (Å²) in [5, 5.41) is 9.73. The number of nitrogen functional groups attached to an aromatic ring is 1. The number of fused-ring (bicyclic) bond motifs is 3. The Kier molecular flexibility index (Phi) is 4.20. The maximum atomic E-state index is 10.5. The molecule has 0 spiro atoms. The number of anilines is 1. The SMILES string of the molecule is Nc1ncnc2c1sc1cc(CCCCCC(=O)O)ccc12. The van der Waals surface area contributed by atoms with Crippen LogP contribution in [0.15, 0.2) is 24.5 Å². The molecule has 3 aromatic rings. The molecule has 3 rings (SSSR count). The lowest BCUT2D eigenvalue weighted by Gasteiger charge is -2.01. The Hall–Kier alpha value is -2.21. The Labute approximate surface area is 131 Å². The third kappa shape index (κ3) is 3.01. The van der Waals surface area contributed by atoms with Gasteiger partial charge in [-0.3, -0.25) is 4.79 Å². The van der Waals surface area contributed by atoms with E-state index in [1.54, 1.807) is 11.3 Å². The van der Waals surface area contributed by atoms with E-state index in [1.807, 2.05) is 0 Å². The minimum Gasteiger partial charge on any atom is -0.481 e. The minimum atomic E-state index is -0.717. The van der Waals surface area contributed by atoms with Crippen molar-refractivity contribution in [2.75, 3.05) is 5.73 Å². The van der Waals surface area contributed by atoms with E-state index in [0.717, 1.165) is 41.3 Å². The molecule has 0 atom stereocenters. The number of hydrogen-bond acceptors (Lipinski definition) is 5. The van der Waals surface area contributed by atoms with Gasteiger partial charge < -0.3 is 10.8 Å². The first-order valence-electron chi connectivity index (χ1n) is 7.28. The van der Waals surface area contributed by atoms with Gasteiger partial charge in [-0.1, -0.05) is 18.6 Å². The molecule has 22 heavy (non-hydrogen) atoms. The van der Waals surface area contributed by atoms with E-state index in [9.17, 15) is 4.79 Å². The zero-order valence-electron chi connectivity index (χ0n) is 12.1. The molecule has 0 amide bonds. The maximum Gasteiger partial charge on any atom is 0.303 e. The number of nitrogens with two attached hydrogens (primary N) is 1. The molecule has 2 heterocycles. The summed E-state index contributed by atoms with van der Waals surface area (Å²) in [5.41, 5.74) is 8.09. The van der Waals surface area contributed by atoms with Gasteiger partial charge >= 0.3 is 5.97 Å². The summed E-state index contributed by atoms with van der Waals surface area (Å²) in [4.78, 5) is 18.8. The van der Waals surface area contributed by atoms with E-state index in [2.05, 4.69) is 28.2 Å². The lowest BCUT2D eigenvalue weighted by molar-refractivity contribution is -0.137. The fraction of sp³-hybridized carbons (Fsp3) is 0.312. The summed E-state index contributed by atoms with van der Waals surface area (Å²) in [6.45, 7) is 0. The monoisotopic (exact) mass is 315 g/mol. The Balaban J connectivity index is 1.74. The lowest BCUT2D eigenvalue weighted by atomic mass is 10.1. The van der Waals surface area contributed by atoms with Crippen molar-refractivity contribution in [2.24, 2.45) is 0 Å². The Morgan fingerprint density at radius 3 is 2.91 bits per heavy atom. The van der Waals surface area contributed by atoms with Crippen molar-refractivity contribution in [3.05, 3.63) is 30.1 Å². The Morgan fingerprint density at radius 2 is 2.09 bits per heavy atom. The van der Waals surface area contributed by atoms with Crippen LogP contribution in [-0.4, -0.2) is 21.0 Å². The molecule has 6 heteroatoms. The second kappa shape index (κ2) is 6.27. The van der Waals surface area contributed by atoms with Crippen molar-refractivity contribution in [3.63, 3.8) is 0 Å². The molecule has 0 unspecified atom stereocenters. The molecular weight excluding hydrogens is 298 g/mol. The second-order valence-electron chi connectivity index (χ2n) is 5.32. The molecule has 0 radical (unpaired) electrons. The third-order valence-electron chi connectivity index (χ3n) is 3.70. The highest BCUT2D eigenvalue weighted by atomic mass is 32.1. The average Bonchev–Trinajstić information content (AvgIpc) is 2.86. The molecule has 0 aliphatic rings. The van der Waals surface area contributed by atoms with Crippen molar-refractivity contribution >= 4 is 43.4 Å². The smallest absolute Gasteiger partial charge is 0.303 e. The quantitative estimate of drug-likeness (QED) is 0.678. The number of aryl methyl sites for hydroxylation is 1. The van der Waals surface area contributed by atoms with Crippen LogP contribution in [0.3, 0.4) is 0 Å². The predicted molar refractivity (Wildman–Crippen MR) is 89.1 cm³/mol. The number of thiophene rings is 1. The highest BCUT2D eigenvalue weighted by molar-refractivity contribution is 7.26. The zero-order valence-corrected chi connectivity index (χ0v) is 12.9. The number of unbranched alkanes of at least 4 members (excludes halogenated alkanes) is 2. The topological polar surface area (TPSA) is 89.1 Å². The van der Waals surface area contributed by atoms with Crippen LogP contribution in [-0.2, 0) is 11.2 Å². The Morgan fingerprint density at radius 1 is 1.23 bits per heavy atom. The normalized spacial score (nSPS) is 11.3.